The van der Waals surface area contributed by atoms with Crippen LogP contribution >= 0.6 is 28.1 Å². The second kappa shape index (κ2) is 3.82. The highest BCUT2D eigenvalue weighted by molar-refractivity contribution is 9.10. The first-order chi connectivity index (χ1) is 7.75. The first-order valence-corrected chi connectivity index (χ1v) is 6.28. The summed E-state index contributed by atoms with van der Waals surface area (Å²) in [5.74, 6) is 1.38. The fourth-order valence-corrected chi connectivity index (χ4v) is 2.38. The predicted molar refractivity (Wildman–Crippen MR) is 66.8 cm³/mol. The lowest BCUT2D eigenvalue weighted by Crippen LogP contribution is -1.96. The number of hydrogen-bond donors (Lipinski definition) is 1. The molecule has 16 heavy (non-hydrogen) atoms. The standard InChI is InChI=1S/C11H9BrN2OS/c12-8-9(6-1-2-6)13-10(14-11(8)16)7-3-4-15-5-7/h3-6H,1-2H2,(H,13,14,16). The zero-order valence-corrected chi connectivity index (χ0v) is 10.8. The van der Waals surface area contributed by atoms with Crippen LogP contribution in [0.25, 0.3) is 11.4 Å². The fraction of sp³-hybridized carbons (Fsp3) is 0.273. The molecule has 1 aliphatic rings. The van der Waals surface area contributed by atoms with Crippen molar-refractivity contribution in [1.82, 2.24) is 9.97 Å². The normalized spacial score (nSPS) is 15.3. The molecule has 1 saturated carbocycles. The van der Waals surface area contributed by atoms with E-state index in [9.17, 15) is 0 Å². The van der Waals surface area contributed by atoms with Crippen LogP contribution in [0.3, 0.4) is 0 Å². The summed E-state index contributed by atoms with van der Waals surface area (Å²) in [6, 6.07) is 1.87. The minimum absolute atomic E-state index is 0.602. The molecule has 82 valence electrons. The topological polar surface area (TPSA) is 41.8 Å². The SMILES string of the molecule is S=c1nc(-c2ccoc2)[nH]c(C2CC2)c1Br. The summed E-state index contributed by atoms with van der Waals surface area (Å²) in [7, 11) is 0. The molecule has 2 heterocycles. The summed E-state index contributed by atoms with van der Waals surface area (Å²) in [6.07, 6.45) is 5.74. The fourth-order valence-electron chi connectivity index (χ4n) is 1.67. The van der Waals surface area contributed by atoms with Gasteiger partial charge in [0, 0.05) is 11.6 Å². The van der Waals surface area contributed by atoms with Crippen LogP contribution in [-0.4, -0.2) is 9.97 Å². The van der Waals surface area contributed by atoms with E-state index in [1.54, 1.807) is 12.5 Å². The van der Waals surface area contributed by atoms with Crippen LogP contribution in [0.1, 0.15) is 24.5 Å². The molecule has 0 radical (unpaired) electrons. The van der Waals surface area contributed by atoms with Gasteiger partial charge >= 0.3 is 0 Å². The summed E-state index contributed by atoms with van der Waals surface area (Å²) in [6.45, 7) is 0. The molecule has 1 N–H and O–H groups in total. The monoisotopic (exact) mass is 296 g/mol. The van der Waals surface area contributed by atoms with Crippen molar-refractivity contribution in [3.63, 3.8) is 0 Å². The van der Waals surface area contributed by atoms with Crippen molar-refractivity contribution >= 4 is 28.1 Å². The van der Waals surface area contributed by atoms with Crippen molar-refractivity contribution in [2.45, 2.75) is 18.8 Å². The molecule has 0 atom stereocenters. The van der Waals surface area contributed by atoms with E-state index in [0.29, 0.717) is 10.6 Å². The van der Waals surface area contributed by atoms with Crippen molar-refractivity contribution in [1.29, 1.82) is 0 Å². The van der Waals surface area contributed by atoms with Crippen LogP contribution in [0, 0.1) is 4.64 Å². The van der Waals surface area contributed by atoms with Gasteiger partial charge in [-0.05, 0) is 34.8 Å². The molecule has 3 nitrogen and oxygen atoms in total. The van der Waals surface area contributed by atoms with Crippen molar-refractivity contribution in [3.8, 4) is 11.4 Å². The summed E-state index contributed by atoms with van der Waals surface area (Å²) < 4.78 is 6.59. The van der Waals surface area contributed by atoms with Gasteiger partial charge in [-0.15, -0.1) is 0 Å². The van der Waals surface area contributed by atoms with E-state index in [0.717, 1.165) is 21.6 Å². The molecule has 0 aliphatic heterocycles. The minimum Gasteiger partial charge on any atom is -0.472 e. The number of halogens is 1. The molecule has 2 aromatic heterocycles. The highest BCUT2D eigenvalue weighted by Crippen LogP contribution is 2.42. The maximum atomic E-state index is 5.24. The Bertz CT molecular complexity index is 572. The summed E-state index contributed by atoms with van der Waals surface area (Å²) in [5, 5.41) is 0. The van der Waals surface area contributed by atoms with Crippen molar-refractivity contribution in [2.24, 2.45) is 0 Å². The summed E-state index contributed by atoms with van der Waals surface area (Å²) in [4.78, 5) is 7.67. The van der Waals surface area contributed by atoms with Crippen LogP contribution in [0.4, 0.5) is 0 Å². The van der Waals surface area contributed by atoms with Crippen LogP contribution in [-0.2, 0) is 0 Å². The van der Waals surface area contributed by atoms with Gasteiger partial charge in [-0.3, -0.25) is 0 Å². The Kier molecular flexibility index (Phi) is 2.44. The Morgan fingerprint density at radius 3 is 2.94 bits per heavy atom. The van der Waals surface area contributed by atoms with Crippen LogP contribution in [0.5, 0.6) is 0 Å². The molecular formula is C11H9BrN2OS. The van der Waals surface area contributed by atoms with Gasteiger partial charge in [0.2, 0.25) is 0 Å². The molecule has 0 bridgehead atoms. The second-order valence-electron chi connectivity index (χ2n) is 3.90. The number of nitrogens with one attached hydrogen (secondary N) is 1. The molecule has 3 rings (SSSR count). The summed E-state index contributed by atoms with van der Waals surface area (Å²) in [5.41, 5.74) is 2.09. The number of aromatic amines is 1. The largest absolute Gasteiger partial charge is 0.472 e. The molecule has 0 aromatic carbocycles. The van der Waals surface area contributed by atoms with Crippen molar-refractivity contribution in [2.75, 3.05) is 0 Å². The van der Waals surface area contributed by atoms with Gasteiger partial charge in [0.05, 0.1) is 16.3 Å². The lowest BCUT2D eigenvalue weighted by Gasteiger charge is -2.05. The third-order valence-corrected chi connectivity index (χ3v) is 4.03. The molecule has 2 aromatic rings. The van der Waals surface area contributed by atoms with Gasteiger partial charge in [-0.1, -0.05) is 12.2 Å². The number of rotatable bonds is 2. The molecule has 1 aliphatic carbocycles. The van der Waals surface area contributed by atoms with E-state index in [4.69, 9.17) is 16.6 Å². The van der Waals surface area contributed by atoms with E-state index < -0.39 is 0 Å². The number of H-pyrrole nitrogens is 1. The lowest BCUT2D eigenvalue weighted by molar-refractivity contribution is 0.568. The maximum absolute atomic E-state index is 5.24. The number of hydrogen-bond acceptors (Lipinski definition) is 3. The molecular weight excluding hydrogens is 288 g/mol. The quantitative estimate of drug-likeness (QED) is 0.851. The Labute approximate surface area is 106 Å². The first kappa shape index (κ1) is 10.2. The van der Waals surface area contributed by atoms with Gasteiger partial charge in [0.1, 0.15) is 16.7 Å². The van der Waals surface area contributed by atoms with Gasteiger partial charge in [0.15, 0.2) is 0 Å². The van der Waals surface area contributed by atoms with E-state index in [1.165, 1.54) is 12.8 Å². The van der Waals surface area contributed by atoms with E-state index in [-0.39, 0.29) is 0 Å². The third-order valence-electron chi connectivity index (χ3n) is 2.67. The van der Waals surface area contributed by atoms with Gasteiger partial charge in [0.25, 0.3) is 0 Å². The first-order valence-electron chi connectivity index (χ1n) is 5.08. The second-order valence-corrected chi connectivity index (χ2v) is 5.08. The Balaban J connectivity index is 2.17. The van der Waals surface area contributed by atoms with Gasteiger partial charge in [-0.25, -0.2) is 4.98 Å². The molecule has 0 saturated heterocycles. The number of aromatic nitrogens is 2. The number of furan rings is 1. The number of nitrogens with zero attached hydrogens (tertiary/aromatic N) is 1. The van der Waals surface area contributed by atoms with Gasteiger partial charge in [-0.2, -0.15) is 0 Å². The highest BCUT2D eigenvalue weighted by Gasteiger charge is 2.27. The average Bonchev–Trinajstić information content (AvgIpc) is 2.96. The Morgan fingerprint density at radius 2 is 2.31 bits per heavy atom. The summed E-state index contributed by atoms with van der Waals surface area (Å²) >= 11 is 8.74. The minimum atomic E-state index is 0.602. The zero-order valence-electron chi connectivity index (χ0n) is 8.37. The lowest BCUT2D eigenvalue weighted by atomic mass is 10.2. The third kappa shape index (κ3) is 1.74. The van der Waals surface area contributed by atoms with E-state index in [2.05, 4.69) is 25.9 Å². The molecule has 5 heteroatoms. The molecule has 1 fully saturated rings. The van der Waals surface area contributed by atoms with Crippen molar-refractivity contribution < 1.29 is 4.42 Å². The zero-order chi connectivity index (χ0) is 11.1. The molecule has 0 spiro atoms. The Hall–Kier alpha value is -0.940. The van der Waals surface area contributed by atoms with Crippen LogP contribution in [0.15, 0.2) is 27.5 Å². The van der Waals surface area contributed by atoms with E-state index >= 15 is 0 Å². The highest BCUT2D eigenvalue weighted by atomic mass is 79.9. The van der Waals surface area contributed by atoms with E-state index in [1.807, 2.05) is 6.07 Å². The predicted octanol–water partition coefficient (Wildman–Crippen LogP) is 4.04. The van der Waals surface area contributed by atoms with Crippen LogP contribution < -0.4 is 0 Å². The average molecular weight is 297 g/mol. The molecule has 0 unspecified atom stereocenters. The molecule has 0 amide bonds. The van der Waals surface area contributed by atoms with Gasteiger partial charge < -0.3 is 9.40 Å². The Morgan fingerprint density at radius 1 is 1.50 bits per heavy atom. The van der Waals surface area contributed by atoms with Crippen molar-refractivity contribution in [3.05, 3.63) is 33.4 Å². The van der Waals surface area contributed by atoms with Crippen LogP contribution in [0.2, 0.25) is 0 Å². The smallest absolute Gasteiger partial charge is 0.144 e. The maximum Gasteiger partial charge on any atom is 0.144 e.